The Labute approximate surface area is 223 Å². The van der Waals surface area contributed by atoms with Gasteiger partial charge >= 0.3 is 26.2 Å². The number of halogens is 2. The minimum atomic E-state index is -1.08. The Kier molecular flexibility index (Phi) is 8.38. The molecule has 0 fully saturated rings. The van der Waals surface area contributed by atoms with Crippen LogP contribution in [0.15, 0.2) is 76.9 Å². The molecular formula is C27H27Cl2OSiZr. The molecule has 163 valence electrons. The van der Waals surface area contributed by atoms with Crippen LogP contribution in [-0.2, 0) is 26.2 Å². The van der Waals surface area contributed by atoms with Gasteiger partial charge in [0.2, 0.25) is 0 Å². The third-order valence-electron chi connectivity index (χ3n) is 6.68. The van der Waals surface area contributed by atoms with Gasteiger partial charge in [0.15, 0.2) is 0 Å². The maximum atomic E-state index is 5.51. The molecule has 0 saturated carbocycles. The molecule has 1 aliphatic carbocycles. The quantitative estimate of drug-likeness (QED) is 0.257. The molecule has 32 heavy (non-hydrogen) atoms. The van der Waals surface area contributed by atoms with Crippen molar-refractivity contribution >= 4 is 24.0 Å². The fraction of sp³-hybridized carbons (Fsp3) is 0.222. The van der Waals surface area contributed by atoms with Gasteiger partial charge < -0.3 is 29.2 Å². The van der Waals surface area contributed by atoms with Crippen LogP contribution in [-0.4, -0.2) is 8.07 Å². The first-order valence-corrected chi connectivity index (χ1v) is 13.5. The first kappa shape index (κ1) is 27.0. The van der Waals surface area contributed by atoms with Crippen LogP contribution in [0.4, 0.5) is 0 Å². The van der Waals surface area contributed by atoms with Gasteiger partial charge in [0, 0.05) is 11.1 Å². The van der Waals surface area contributed by atoms with Gasteiger partial charge in [-0.05, 0) is 30.7 Å². The van der Waals surface area contributed by atoms with Gasteiger partial charge in [-0.2, -0.15) is 6.07 Å². The van der Waals surface area contributed by atoms with Crippen LogP contribution in [0.25, 0.3) is 27.1 Å². The second-order valence-corrected chi connectivity index (χ2v) is 13.6. The summed E-state index contributed by atoms with van der Waals surface area (Å²) in [6.07, 6.45) is 1.83. The summed E-state index contributed by atoms with van der Waals surface area (Å²) in [5, 5.41) is 4.28. The second kappa shape index (κ2) is 9.94. The molecule has 0 saturated heterocycles. The van der Waals surface area contributed by atoms with Crippen LogP contribution in [0.5, 0.6) is 0 Å². The number of allylic oxidation sites excluding steroid dienone is 1. The maximum Gasteiger partial charge on any atom is 3.00 e. The predicted octanol–water partition coefficient (Wildman–Crippen LogP) is 1.80. The van der Waals surface area contributed by atoms with E-state index in [1.165, 1.54) is 44.3 Å². The summed E-state index contributed by atoms with van der Waals surface area (Å²) in [6, 6.07) is 21.9. The van der Waals surface area contributed by atoms with E-state index in [-0.39, 0.29) is 51.0 Å². The largest absolute Gasteiger partial charge is 3.00 e. The molecule has 1 unspecified atom stereocenters. The van der Waals surface area contributed by atoms with Crippen LogP contribution in [0.3, 0.4) is 0 Å². The molecule has 7 rings (SSSR count). The number of hydrogen-bond donors (Lipinski definition) is 0. The summed E-state index contributed by atoms with van der Waals surface area (Å²) < 4.78 is 5.51. The summed E-state index contributed by atoms with van der Waals surface area (Å²) in [4.78, 5) is 0. The van der Waals surface area contributed by atoms with E-state index < -0.39 is 8.07 Å². The predicted molar refractivity (Wildman–Crippen MR) is 126 cm³/mol. The molecular weight excluding hydrogens is 531 g/mol. The zero-order chi connectivity index (χ0) is 20.3. The van der Waals surface area contributed by atoms with E-state index in [1.54, 1.807) is 10.8 Å². The molecule has 1 radical (unpaired) electrons. The van der Waals surface area contributed by atoms with Crippen molar-refractivity contribution in [1.29, 1.82) is 0 Å². The smallest absolute Gasteiger partial charge is 1.00 e. The zero-order valence-electron chi connectivity index (χ0n) is 19.1. The van der Waals surface area contributed by atoms with Gasteiger partial charge in [0.1, 0.15) is 5.76 Å². The van der Waals surface area contributed by atoms with E-state index in [4.69, 9.17) is 4.42 Å². The molecule has 3 aliphatic rings. The minimum absolute atomic E-state index is 0. The van der Waals surface area contributed by atoms with Crippen LogP contribution >= 0.6 is 0 Å². The molecule has 4 aromatic rings. The van der Waals surface area contributed by atoms with Gasteiger partial charge in [-0.15, -0.1) is 34.5 Å². The number of hydrogen-bond acceptors (Lipinski definition) is 1. The van der Waals surface area contributed by atoms with E-state index in [0.29, 0.717) is 0 Å². The number of rotatable bonds is 1. The van der Waals surface area contributed by atoms with Crippen molar-refractivity contribution in [2.24, 2.45) is 0 Å². The Balaban J connectivity index is 0.000000216. The zero-order valence-corrected chi connectivity index (χ0v) is 24.1. The summed E-state index contributed by atoms with van der Waals surface area (Å²) in [5.41, 5.74) is 9.10. The van der Waals surface area contributed by atoms with E-state index in [2.05, 4.69) is 94.5 Å². The van der Waals surface area contributed by atoms with Crippen LogP contribution in [0, 0.1) is 13.8 Å². The van der Waals surface area contributed by atoms with Gasteiger partial charge in [0.05, 0.1) is 14.3 Å². The second-order valence-electron chi connectivity index (χ2n) is 9.12. The molecule has 1 aromatic heterocycles. The molecule has 5 heteroatoms. The van der Waals surface area contributed by atoms with Crippen LogP contribution in [0.1, 0.15) is 34.9 Å². The first-order valence-electron chi connectivity index (χ1n) is 10.4. The average molecular weight is 558 g/mol. The summed E-state index contributed by atoms with van der Waals surface area (Å²) in [5.74, 6) is 1.22. The maximum absolute atomic E-state index is 5.51. The minimum Gasteiger partial charge on any atom is -1.00 e. The van der Waals surface area contributed by atoms with E-state index in [1.807, 2.05) is 6.26 Å². The molecule has 0 spiro atoms. The summed E-state index contributed by atoms with van der Waals surface area (Å²) in [6.45, 7) is 11.4. The third-order valence-corrected chi connectivity index (χ3v) is 10.8. The standard InChI is InChI=1S/C17H15.C10H12OSi.2ClH.Zr/c1-12-6-8-14(9-7-12)16-5-3-4-15-10-13(2)11-17(15)16;1-6-9-7-4-5-11-8(7)10(6)12(9,2)3;;;/h3-11H,1-2H3;4-5,9H,1-3H3;2*1H;/q-1;;;;+3/p-2. The van der Waals surface area contributed by atoms with E-state index >= 15 is 0 Å². The molecule has 2 bridgehead atoms. The molecule has 3 heterocycles. The molecule has 2 aliphatic heterocycles. The Hall–Kier alpha value is -1.25. The first-order chi connectivity index (χ1) is 13.9. The van der Waals surface area contributed by atoms with E-state index in [9.17, 15) is 0 Å². The van der Waals surface area contributed by atoms with Crippen molar-refractivity contribution in [1.82, 2.24) is 0 Å². The summed E-state index contributed by atoms with van der Waals surface area (Å²) in [7, 11) is -1.08. The number of benzene rings is 2. The molecule has 0 amide bonds. The van der Waals surface area contributed by atoms with Crippen LogP contribution < -0.4 is 24.8 Å². The van der Waals surface area contributed by atoms with Gasteiger partial charge in [-0.25, -0.2) is 0 Å². The Morgan fingerprint density at radius 3 is 2.22 bits per heavy atom. The van der Waals surface area contributed by atoms with Crippen molar-refractivity contribution in [2.75, 3.05) is 0 Å². The van der Waals surface area contributed by atoms with Crippen molar-refractivity contribution in [3.63, 3.8) is 0 Å². The topological polar surface area (TPSA) is 13.1 Å². The average Bonchev–Trinajstić information content (AvgIpc) is 3.38. The van der Waals surface area contributed by atoms with E-state index in [0.717, 1.165) is 5.54 Å². The Morgan fingerprint density at radius 1 is 0.906 bits per heavy atom. The van der Waals surface area contributed by atoms with Crippen molar-refractivity contribution in [2.45, 2.75) is 39.4 Å². The van der Waals surface area contributed by atoms with Crippen molar-refractivity contribution < 1.29 is 55.4 Å². The fourth-order valence-corrected chi connectivity index (χ4v) is 9.72. The van der Waals surface area contributed by atoms with Crippen molar-refractivity contribution in [3.05, 3.63) is 95.0 Å². The molecule has 1 nitrogen and oxygen atoms in total. The van der Waals surface area contributed by atoms with Gasteiger partial charge in [-0.3, -0.25) is 0 Å². The SMILES string of the molecule is CC1=C2c3occc3C1[Si]2(C)C.Cc1ccc(-c2cccc3[cH-]c(C)cc23)cc1.[Cl-].[Cl-].[Zr+3]. The molecule has 3 aromatic carbocycles. The molecule has 0 N–H and O–H groups in total. The monoisotopic (exact) mass is 555 g/mol. The molecule has 1 atom stereocenters. The number of fused-ring (bicyclic) bond motifs is 1. The Morgan fingerprint density at radius 2 is 1.59 bits per heavy atom. The van der Waals surface area contributed by atoms with Gasteiger partial charge in [0.25, 0.3) is 0 Å². The van der Waals surface area contributed by atoms with Crippen LogP contribution in [0.2, 0.25) is 13.1 Å². The van der Waals surface area contributed by atoms with Gasteiger partial charge in [-0.1, -0.05) is 67.0 Å². The fourth-order valence-electron chi connectivity index (χ4n) is 5.47. The number of furan rings is 1. The third kappa shape index (κ3) is 4.18. The summed E-state index contributed by atoms with van der Waals surface area (Å²) >= 11 is 0. The number of aryl methyl sites for hydroxylation is 2. The Bertz CT molecular complexity index is 1260. The van der Waals surface area contributed by atoms with Crippen molar-refractivity contribution in [3.8, 4) is 11.1 Å². The normalized spacial score (nSPS) is 16.6.